The highest BCUT2D eigenvalue weighted by Gasteiger charge is 2.23. The number of halogens is 1. The van der Waals surface area contributed by atoms with Gasteiger partial charge in [-0.15, -0.1) is 10.2 Å². The highest BCUT2D eigenvalue weighted by molar-refractivity contribution is 7.92. The van der Waals surface area contributed by atoms with Gasteiger partial charge in [0, 0.05) is 5.69 Å². The first-order chi connectivity index (χ1) is 9.79. The fraction of sp³-hybridized carbons (Fsp3) is 0. The lowest BCUT2D eigenvalue weighted by molar-refractivity contribution is 0.0692. The zero-order valence-electron chi connectivity index (χ0n) is 10.3. The molecule has 0 amide bonds. The van der Waals surface area contributed by atoms with E-state index < -0.39 is 26.5 Å². The number of nitrogens with zero attached hydrogens (tertiary/aromatic N) is 2. The monoisotopic (exact) mass is 328 g/mol. The number of aromatic carboxylic acids is 1. The number of hydrogen-bond acceptors (Lipinski definition) is 6. The van der Waals surface area contributed by atoms with Crippen LogP contribution in [0.5, 0.6) is 0 Å². The number of benzene rings is 1. The molecule has 0 fully saturated rings. The average molecular weight is 329 g/mol. The van der Waals surface area contributed by atoms with Gasteiger partial charge in [0.15, 0.2) is 11.0 Å². The normalized spacial score (nSPS) is 11.1. The summed E-state index contributed by atoms with van der Waals surface area (Å²) in [5.74, 6) is -1.49. The first-order valence-electron chi connectivity index (χ1n) is 5.44. The number of anilines is 2. The van der Waals surface area contributed by atoms with E-state index in [1.807, 2.05) is 0 Å². The summed E-state index contributed by atoms with van der Waals surface area (Å²) in [4.78, 5) is 10.6. The summed E-state index contributed by atoms with van der Waals surface area (Å²) in [6.07, 6.45) is 0. The minimum atomic E-state index is -4.18. The summed E-state index contributed by atoms with van der Waals surface area (Å²) in [6.45, 7) is 0. The molecular weight excluding hydrogens is 320 g/mol. The average Bonchev–Trinajstić information content (AvgIpc) is 2.41. The number of rotatable bonds is 4. The van der Waals surface area contributed by atoms with Crippen LogP contribution < -0.4 is 10.5 Å². The van der Waals surface area contributed by atoms with Crippen LogP contribution in [0.2, 0.25) is 5.15 Å². The van der Waals surface area contributed by atoms with E-state index in [1.165, 1.54) is 18.2 Å². The predicted molar refractivity (Wildman–Crippen MR) is 75.7 cm³/mol. The summed E-state index contributed by atoms with van der Waals surface area (Å²) in [7, 11) is -4.18. The molecule has 0 spiro atoms. The summed E-state index contributed by atoms with van der Waals surface area (Å²) >= 11 is 5.54. The van der Waals surface area contributed by atoms with Crippen molar-refractivity contribution in [1.29, 1.82) is 0 Å². The van der Waals surface area contributed by atoms with Gasteiger partial charge in [0.05, 0.1) is 5.56 Å². The molecule has 10 heteroatoms. The molecule has 0 unspecified atom stereocenters. The maximum Gasteiger partial charge on any atom is 0.337 e. The largest absolute Gasteiger partial charge is 0.478 e. The summed E-state index contributed by atoms with van der Waals surface area (Å²) in [6, 6.07) is 6.09. The number of carbonyl (C=O) groups is 1. The molecule has 21 heavy (non-hydrogen) atoms. The minimum Gasteiger partial charge on any atom is -0.478 e. The fourth-order valence-corrected chi connectivity index (χ4v) is 2.83. The van der Waals surface area contributed by atoms with E-state index in [1.54, 1.807) is 0 Å². The fourth-order valence-electron chi connectivity index (χ4n) is 1.50. The van der Waals surface area contributed by atoms with Crippen molar-refractivity contribution < 1.29 is 18.3 Å². The van der Waals surface area contributed by atoms with Crippen molar-refractivity contribution in [2.24, 2.45) is 0 Å². The summed E-state index contributed by atoms with van der Waals surface area (Å²) in [5, 5.41) is 16.1. The third-order valence-corrected chi connectivity index (χ3v) is 3.99. The van der Waals surface area contributed by atoms with Crippen molar-refractivity contribution >= 4 is 39.1 Å². The molecule has 1 aromatic heterocycles. The van der Waals surface area contributed by atoms with Crippen molar-refractivity contribution in [1.82, 2.24) is 10.2 Å². The molecule has 0 saturated heterocycles. The smallest absolute Gasteiger partial charge is 0.337 e. The van der Waals surface area contributed by atoms with E-state index in [4.69, 9.17) is 22.4 Å². The Morgan fingerprint density at radius 2 is 1.95 bits per heavy atom. The molecule has 0 radical (unpaired) electrons. The van der Waals surface area contributed by atoms with Crippen molar-refractivity contribution in [3.05, 3.63) is 41.0 Å². The molecule has 0 atom stereocenters. The van der Waals surface area contributed by atoms with E-state index in [2.05, 4.69) is 14.9 Å². The molecule has 1 heterocycles. The second-order valence-corrected chi connectivity index (χ2v) is 5.95. The minimum absolute atomic E-state index is 0.0909. The van der Waals surface area contributed by atoms with Gasteiger partial charge in [-0.05, 0) is 30.3 Å². The SMILES string of the molecule is Nc1ccc(C(=O)O)c(S(=O)(=O)Nc2ccc(Cl)nn2)c1. The number of sulfonamides is 1. The quantitative estimate of drug-likeness (QED) is 0.718. The first-order valence-corrected chi connectivity index (χ1v) is 7.30. The van der Waals surface area contributed by atoms with Gasteiger partial charge in [0.2, 0.25) is 0 Å². The number of nitrogens with one attached hydrogen (secondary N) is 1. The molecule has 2 rings (SSSR count). The molecule has 110 valence electrons. The molecule has 0 aliphatic carbocycles. The van der Waals surface area contributed by atoms with E-state index in [0.717, 1.165) is 12.1 Å². The number of carboxylic acid groups (broad SMARTS) is 1. The van der Waals surface area contributed by atoms with Gasteiger partial charge in [0.1, 0.15) is 4.90 Å². The van der Waals surface area contributed by atoms with Crippen LogP contribution in [-0.4, -0.2) is 29.7 Å². The molecular formula is C11H9ClN4O4S. The molecule has 8 nitrogen and oxygen atoms in total. The Balaban J connectivity index is 2.46. The van der Waals surface area contributed by atoms with Crippen LogP contribution in [0.25, 0.3) is 0 Å². The van der Waals surface area contributed by atoms with Crippen molar-refractivity contribution in [2.75, 3.05) is 10.5 Å². The first kappa shape index (κ1) is 15.0. The van der Waals surface area contributed by atoms with E-state index in [-0.39, 0.29) is 16.7 Å². The third kappa shape index (κ3) is 3.38. The van der Waals surface area contributed by atoms with Crippen LogP contribution in [-0.2, 0) is 10.0 Å². The predicted octanol–water partition coefficient (Wildman–Crippen LogP) is 1.21. The Hall–Kier alpha value is -2.39. The Bertz CT molecular complexity index is 792. The van der Waals surface area contributed by atoms with Gasteiger partial charge < -0.3 is 10.8 Å². The van der Waals surface area contributed by atoms with E-state index >= 15 is 0 Å². The van der Waals surface area contributed by atoms with Crippen LogP contribution in [0.4, 0.5) is 11.5 Å². The molecule has 1 aromatic carbocycles. The van der Waals surface area contributed by atoms with Gasteiger partial charge in [-0.1, -0.05) is 11.6 Å². The maximum atomic E-state index is 12.2. The molecule has 0 aliphatic heterocycles. The molecule has 0 bridgehead atoms. The Morgan fingerprint density at radius 1 is 1.24 bits per heavy atom. The molecule has 0 aliphatic rings. The summed E-state index contributed by atoms with van der Waals surface area (Å²) < 4.78 is 26.6. The molecule has 0 saturated carbocycles. The van der Waals surface area contributed by atoms with Gasteiger partial charge in [-0.3, -0.25) is 4.72 Å². The Labute approximate surface area is 124 Å². The number of carboxylic acids is 1. The van der Waals surface area contributed by atoms with Gasteiger partial charge in [-0.2, -0.15) is 0 Å². The zero-order chi connectivity index (χ0) is 15.6. The molecule has 4 N–H and O–H groups in total. The molecule has 2 aromatic rings. The number of nitrogen functional groups attached to an aromatic ring is 1. The number of nitrogens with two attached hydrogens (primary N) is 1. The van der Waals surface area contributed by atoms with Crippen LogP contribution >= 0.6 is 11.6 Å². The Kier molecular flexibility index (Phi) is 3.96. The zero-order valence-corrected chi connectivity index (χ0v) is 11.9. The van der Waals surface area contributed by atoms with Gasteiger partial charge >= 0.3 is 5.97 Å². The second-order valence-electron chi connectivity index (χ2n) is 3.91. The van der Waals surface area contributed by atoms with Crippen LogP contribution in [0.1, 0.15) is 10.4 Å². The third-order valence-electron chi connectivity index (χ3n) is 2.40. The highest BCUT2D eigenvalue weighted by atomic mass is 35.5. The number of aromatic nitrogens is 2. The maximum absolute atomic E-state index is 12.2. The van der Waals surface area contributed by atoms with Crippen molar-refractivity contribution in [2.45, 2.75) is 4.90 Å². The van der Waals surface area contributed by atoms with E-state index in [9.17, 15) is 13.2 Å². The lowest BCUT2D eigenvalue weighted by Crippen LogP contribution is -2.18. The van der Waals surface area contributed by atoms with Crippen LogP contribution in [0.3, 0.4) is 0 Å². The van der Waals surface area contributed by atoms with E-state index in [0.29, 0.717) is 0 Å². The Morgan fingerprint density at radius 3 is 2.52 bits per heavy atom. The van der Waals surface area contributed by atoms with Crippen LogP contribution in [0, 0.1) is 0 Å². The lowest BCUT2D eigenvalue weighted by atomic mass is 10.2. The lowest BCUT2D eigenvalue weighted by Gasteiger charge is -2.10. The standard InChI is InChI=1S/C11H9ClN4O4S/c12-9-3-4-10(15-14-9)16-21(19,20)8-5-6(13)1-2-7(8)11(17)18/h1-5H,13H2,(H,15,16)(H,17,18). The topological polar surface area (TPSA) is 135 Å². The van der Waals surface area contributed by atoms with Crippen LogP contribution in [0.15, 0.2) is 35.2 Å². The van der Waals surface area contributed by atoms with Gasteiger partial charge in [-0.25, -0.2) is 13.2 Å². The second kappa shape index (κ2) is 5.54. The number of hydrogen-bond donors (Lipinski definition) is 3. The highest BCUT2D eigenvalue weighted by Crippen LogP contribution is 2.21. The van der Waals surface area contributed by atoms with Crippen molar-refractivity contribution in [3.8, 4) is 0 Å². The van der Waals surface area contributed by atoms with Crippen molar-refractivity contribution in [3.63, 3.8) is 0 Å². The van der Waals surface area contributed by atoms with Gasteiger partial charge in [0.25, 0.3) is 10.0 Å². The summed E-state index contributed by atoms with van der Waals surface area (Å²) in [5.41, 5.74) is 5.22.